The average Bonchev–Trinajstić information content (AvgIpc) is 3.26. The van der Waals surface area contributed by atoms with Crippen LogP contribution in [0.1, 0.15) is 23.6 Å². The Labute approximate surface area is 197 Å². The summed E-state index contributed by atoms with van der Waals surface area (Å²) in [7, 11) is 0. The van der Waals surface area contributed by atoms with E-state index in [2.05, 4.69) is 17.4 Å². The summed E-state index contributed by atoms with van der Waals surface area (Å²) in [5.74, 6) is 0.0533. The minimum Gasteiger partial charge on any atom is -0.486 e. The van der Waals surface area contributed by atoms with Gasteiger partial charge in [-0.25, -0.2) is 0 Å². The van der Waals surface area contributed by atoms with Crippen molar-refractivity contribution in [1.82, 2.24) is 0 Å². The molecule has 0 saturated carbocycles. The second kappa shape index (κ2) is 10.7. The van der Waals surface area contributed by atoms with Crippen LogP contribution in [0.4, 0.5) is 5.69 Å². The monoisotopic (exact) mass is 458 g/mol. The molecule has 0 unspecified atom stereocenters. The summed E-state index contributed by atoms with van der Waals surface area (Å²) >= 11 is 0. The van der Waals surface area contributed by atoms with Gasteiger partial charge in [0, 0.05) is 23.1 Å². The number of rotatable bonds is 10. The number of carbonyl (C=O) groups is 2. The van der Waals surface area contributed by atoms with Crippen LogP contribution in [-0.4, -0.2) is 19.0 Å². The number of para-hydroxylation sites is 1. The van der Waals surface area contributed by atoms with Gasteiger partial charge in [0.1, 0.15) is 17.9 Å². The molecule has 34 heavy (non-hydrogen) atoms. The Kier molecular flexibility index (Phi) is 7.25. The van der Waals surface area contributed by atoms with Crippen molar-refractivity contribution in [3.8, 4) is 16.9 Å². The fourth-order valence-corrected chi connectivity index (χ4v) is 3.84. The normalized spacial score (nSPS) is 10.8. The van der Waals surface area contributed by atoms with Crippen molar-refractivity contribution >= 4 is 29.0 Å². The van der Waals surface area contributed by atoms with Crippen molar-refractivity contribution in [3.05, 3.63) is 83.6 Å². The minimum absolute atomic E-state index is 0.0331. The van der Waals surface area contributed by atoms with Crippen molar-refractivity contribution in [2.75, 3.05) is 11.9 Å². The molecule has 174 valence electrons. The molecule has 0 aliphatic rings. The van der Waals surface area contributed by atoms with Crippen molar-refractivity contribution < 1.29 is 23.5 Å². The molecule has 0 fully saturated rings. The fourth-order valence-electron chi connectivity index (χ4n) is 3.84. The van der Waals surface area contributed by atoms with Gasteiger partial charge in [-0.15, -0.1) is 0 Å². The zero-order valence-corrected chi connectivity index (χ0v) is 18.9. The molecule has 0 aliphatic carbocycles. The number of hydrogen-bond acceptors (Lipinski definition) is 6. The van der Waals surface area contributed by atoms with Crippen LogP contribution in [0.3, 0.4) is 0 Å². The molecule has 3 N–H and O–H groups in total. The predicted molar refractivity (Wildman–Crippen MR) is 130 cm³/mol. The second-order valence-corrected chi connectivity index (χ2v) is 7.70. The summed E-state index contributed by atoms with van der Waals surface area (Å²) < 4.78 is 16.9. The molecule has 0 radical (unpaired) electrons. The number of amides is 1. The molecule has 1 heterocycles. The first-order chi connectivity index (χ1) is 16.6. The summed E-state index contributed by atoms with van der Waals surface area (Å²) in [4.78, 5) is 23.2. The van der Waals surface area contributed by atoms with E-state index in [0.29, 0.717) is 36.6 Å². The lowest BCUT2D eigenvalue weighted by Crippen LogP contribution is -2.10. The molecular weight excluding hydrogens is 432 g/mol. The third kappa shape index (κ3) is 5.10. The van der Waals surface area contributed by atoms with E-state index in [1.54, 1.807) is 31.4 Å². The number of hydrogen-bond donors (Lipinski definition) is 2. The van der Waals surface area contributed by atoms with Crippen LogP contribution in [-0.2, 0) is 33.9 Å². The van der Waals surface area contributed by atoms with Gasteiger partial charge >= 0.3 is 5.97 Å². The van der Waals surface area contributed by atoms with E-state index in [1.807, 2.05) is 30.3 Å². The number of nitrogens with one attached hydrogen (secondary N) is 1. The van der Waals surface area contributed by atoms with Gasteiger partial charge in [0.2, 0.25) is 6.41 Å². The fraction of sp³-hybridized carbons (Fsp3) is 0.185. The predicted octanol–water partition coefficient (Wildman–Crippen LogP) is 4.81. The molecule has 0 spiro atoms. The molecule has 7 heteroatoms. The van der Waals surface area contributed by atoms with Gasteiger partial charge in [-0.3, -0.25) is 9.59 Å². The zero-order valence-electron chi connectivity index (χ0n) is 18.9. The van der Waals surface area contributed by atoms with E-state index in [-0.39, 0.29) is 19.0 Å². The van der Waals surface area contributed by atoms with Crippen LogP contribution in [0, 0.1) is 0 Å². The van der Waals surface area contributed by atoms with Crippen molar-refractivity contribution in [2.24, 2.45) is 5.73 Å². The Balaban J connectivity index is 1.63. The van der Waals surface area contributed by atoms with E-state index in [0.717, 1.165) is 33.2 Å². The molecule has 7 nitrogen and oxygen atoms in total. The van der Waals surface area contributed by atoms with Crippen molar-refractivity contribution in [1.29, 1.82) is 0 Å². The highest BCUT2D eigenvalue weighted by atomic mass is 16.5. The van der Waals surface area contributed by atoms with Gasteiger partial charge in [-0.05, 0) is 47.9 Å². The smallest absolute Gasteiger partial charge is 0.310 e. The number of benzene rings is 3. The molecule has 1 amide bonds. The van der Waals surface area contributed by atoms with E-state index in [4.69, 9.17) is 19.6 Å². The molecule has 0 aliphatic heterocycles. The van der Waals surface area contributed by atoms with Crippen molar-refractivity contribution in [2.45, 2.75) is 26.5 Å². The number of fused-ring (bicyclic) bond motifs is 1. The van der Waals surface area contributed by atoms with Crippen LogP contribution in [0.15, 0.2) is 71.3 Å². The van der Waals surface area contributed by atoms with Crippen LogP contribution < -0.4 is 15.8 Å². The highest BCUT2D eigenvalue weighted by molar-refractivity contribution is 5.86. The molecule has 0 saturated heterocycles. The largest absolute Gasteiger partial charge is 0.486 e. The highest BCUT2D eigenvalue weighted by Crippen LogP contribution is 2.33. The molecule has 4 rings (SSSR count). The average molecular weight is 459 g/mol. The van der Waals surface area contributed by atoms with Crippen LogP contribution >= 0.6 is 0 Å². The Morgan fingerprint density at radius 1 is 1.06 bits per heavy atom. The maximum atomic E-state index is 12.1. The van der Waals surface area contributed by atoms with Crippen LogP contribution in [0.5, 0.6) is 5.75 Å². The van der Waals surface area contributed by atoms with Crippen molar-refractivity contribution in [3.63, 3.8) is 0 Å². The standard InChI is InChI=1S/C27H26N2O5/c1-2-32-26(31)13-21-7-4-8-24(29-17-30)27(21)34-16-22-15-33-25-10-9-20(12-23(22)25)19-6-3-5-18(11-19)14-28/h3-12,15,17H,2,13-14,16,28H2,1H3,(H,29,30). The Bertz CT molecular complexity index is 1310. The SMILES string of the molecule is CCOC(=O)Cc1cccc(NC=O)c1OCc1coc2ccc(-c3cccc(CN)c3)cc12. The highest BCUT2D eigenvalue weighted by Gasteiger charge is 2.16. The summed E-state index contributed by atoms with van der Waals surface area (Å²) in [5, 5.41) is 3.56. The number of nitrogens with two attached hydrogens (primary N) is 1. The second-order valence-electron chi connectivity index (χ2n) is 7.70. The van der Waals surface area contributed by atoms with Crippen LogP contribution in [0.25, 0.3) is 22.1 Å². The number of esters is 1. The van der Waals surface area contributed by atoms with Gasteiger partial charge < -0.3 is 24.9 Å². The Hall–Kier alpha value is -4.10. The van der Waals surface area contributed by atoms with E-state index in [1.165, 1.54) is 0 Å². The summed E-state index contributed by atoms with van der Waals surface area (Å²) in [6.45, 7) is 2.71. The summed E-state index contributed by atoms with van der Waals surface area (Å²) in [6, 6.07) is 19.3. The summed E-state index contributed by atoms with van der Waals surface area (Å²) in [5.41, 5.74) is 11.6. The first kappa shape index (κ1) is 23.1. The van der Waals surface area contributed by atoms with Gasteiger partial charge in [0.05, 0.1) is 25.0 Å². The Morgan fingerprint density at radius 2 is 1.88 bits per heavy atom. The maximum Gasteiger partial charge on any atom is 0.310 e. The lowest BCUT2D eigenvalue weighted by molar-refractivity contribution is -0.142. The lowest BCUT2D eigenvalue weighted by Gasteiger charge is -2.15. The van der Waals surface area contributed by atoms with Gasteiger partial charge in [-0.1, -0.05) is 36.4 Å². The number of furan rings is 1. The van der Waals surface area contributed by atoms with E-state index in [9.17, 15) is 9.59 Å². The molecule has 0 bridgehead atoms. The molecular formula is C27H26N2O5. The molecule has 1 aromatic heterocycles. The van der Waals surface area contributed by atoms with Gasteiger partial charge in [0.25, 0.3) is 0 Å². The molecule has 0 atom stereocenters. The third-order valence-electron chi connectivity index (χ3n) is 5.47. The maximum absolute atomic E-state index is 12.1. The number of carbonyl (C=O) groups excluding carboxylic acids is 2. The molecule has 3 aromatic carbocycles. The topological polar surface area (TPSA) is 104 Å². The first-order valence-corrected chi connectivity index (χ1v) is 11.0. The summed E-state index contributed by atoms with van der Waals surface area (Å²) in [6.07, 6.45) is 2.27. The zero-order chi connectivity index (χ0) is 23.9. The third-order valence-corrected chi connectivity index (χ3v) is 5.47. The Morgan fingerprint density at radius 3 is 2.68 bits per heavy atom. The lowest BCUT2D eigenvalue weighted by atomic mass is 10.0. The van der Waals surface area contributed by atoms with E-state index < -0.39 is 0 Å². The van der Waals surface area contributed by atoms with Gasteiger partial charge in [0.15, 0.2) is 0 Å². The molecule has 4 aromatic rings. The van der Waals surface area contributed by atoms with Gasteiger partial charge in [-0.2, -0.15) is 0 Å². The van der Waals surface area contributed by atoms with Crippen LogP contribution in [0.2, 0.25) is 0 Å². The quantitative estimate of drug-likeness (QED) is 0.261. The number of anilines is 1. The number of ether oxygens (including phenoxy) is 2. The van der Waals surface area contributed by atoms with E-state index >= 15 is 0 Å². The minimum atomic E-state index is -0.367. The first-order valence-electron chi connectivity index (χ1n) is 11.0.